The zero-order chi connectivity index (χ0) is 40.9. The van der Waals surface area contributed by atoms with Gasteiger partial charge in [0, 0.05) is 73.5 Å². The third kappa shape index (κ3) is 8.57. The van der Waals surface area contributed by atoms with Crippen LogP contribution in [0.5, 0.6) is 0 Å². The number of hydrogen-bond donors (Lipinski definition) is 2. The van der Waals surface area contributed by atoms with Gasteiger partial charge in [0.1, 0.15) is 5.82 Å². The zero-order valence-electron chi connectivity index (χ0n) is 31.4. The Morgan fingerprint density at radius 3 is 1.38 bits per heavy atom. The average molecular weight is 962 g/mol. The van der Waals surface area contributed by atoms with Crippen LogP contribution in [0.1, 0.15) is 52.0 Å². The van der Waals surface area contributed by atoms with Crippen LogP contribution in [0.2, 0.25) is 0 Å². The number of aryl methyl sites for hydroxylation is 4. The molecule has 19 nitrogen and oxygen atoms in total. The molecule has 0 radical (unpaired) electrons. The van der Waals surface area contributed by atoms with Crippen molar-refractivity contribution in [3.63, 3.8) is 0 Å². The number of aromatic nitrogens is 10. The molecule has 1 aliphatic rings. The predicted octanol–water partition coefficient (Wildman–Crippen LogP) is 1.45. The summed E-state index contributed by atoms with van der Waals surface area (Å²) < 4.78 is 13.0. The summed E-state index contributed by atoms with van der Waals surface area (Å²) in [5, 5.41) is 17.6. The van der Waals surface area contributed by atoms with Crippen molar-refractivity contribution >= 4 is 80.6 Å². The van der Waals surface area contributed by atoms with E-state index in [4.69, 9.17) is 10.2 Å². The smallest absolute Gasteiger partial charge is 0.332 e. The first-order valence-electron chi connectivity index (χ1n) is 17.6. The number of aliphatic hydroxyl groups excluding tert-OH is 2. The van der Waals surface area contributed by atoms with Gasteiger partial charge in [0.2, 0.25) is 0 Å². The van der Waals surface area contributed by atoms with Crippen LogP contribution in [0.3, 0.4) is 0 Å². The first-order chi connectivity index (χ1) is 26.1. The summed E-state index contributed by atoms with van der Waals surface area (Å²) in [7, 11) is 4.82. The molecule has 0 saturated heterocycles. The van der Waals surface area contributed by atoms with Crippen molar-refractivity contribution < 1.29 is 10.2 Å². The Labute approximate surface area is 338 Å². The van der Waals surface area contributed by atoms with Crippen LogP contribution in [-0.2, 0) is 60.3 Å². The van der Waals surface area contributed by atoms with Crippen LogP contribution < -0.4 is 33.7 Å². The van der Waals surface area contributed by atoms with E-state index in [9.17, 15) is 28.8 Å². The van der Waals surface area contributed by atoms with Gasteiger partial charge >= 0.3 is 17.1 Å². The number of unbranched alkanes of at least 4 members (excludes halogenated alkanes) is 1. The van der Waals surface area contributed by atoms with Gasteiger partial charge in [0.25, 0.3) is 16.7 Å². The topological polar surface area (TPSA) is 220 Å². The highest BCUT2D eigenvalue weighted by atomic mass is 79.9. The molecule has 5 aromatic rings. The maximum Gasteiger partial charge on any atom is 0.332 e. The zero-order valence-corrected chi connectivity index (χ0v) is 36.1. The number of halogens is 3. The lowest BCUT2D eigenvalue weighted by Crippen LogP contribution is -2.40. The molecular weight excluding hydrogens is 918 g/mol. The number of rotatable bonds is 11. The maximum absolute atomic E-state index is 12.5. The van der Waals surface area contributed by atoms with E-state index in [1.54, 1.807) is 30.3 Å². The van der Waals surface area contributed by atoms with Crippen LogP contribution in [0.4, 0.5) is 5.82 Å². The molecule has 0 atom stereocenters. The van der Waals surface area contributed by atoms with Gasteiger partial charge < -0.3 is 19.3 Å². The van der Waals surface area contributed by atoms with Crippen LogP contribution in [0.15, 0.2) is 43.2 Å². The van der Waals surface area contributed by atoms with Gasteiger partial charge in [-0.2, -0.15) is 0 Å². The van der Waals surface area contributed by atoms with Crippen molar-refractivity contribution in [1.82, 2.24) is 46.5 Å². The molecule has 0 amide bonds. The van der Waals surface area contributed by atoms with E-state index in [1.165, 1.54) is 18.3 Å². The van der Waals surface area contributed by atoms with E-state index in [-0.39, 0.29) is 48.7 Å². The van der Waals surface area contributed by atoms with E-state index in [0.717, 1.165) is 22.0 Å². The molecule has 0 spiro atoms. The molecule has 0 aliphatic carbocycles. The Hall–Kier alpha value is -3.99. The minimum atomic E-state index is -0.417. The van der Waals surface area contributed by atoms with Gasteiger partial charge in [-0.15, -0.1) is 0 Å². The number of imidazole rings is 2. The van der Waals surface area contributed by atoms with E-state index in [1.807, 2.05) is 20.8 Å². The van der Waals surface area contributed by atoms with Crippen LogP contribution >= 0.6 is 47.8 Å². The maximum atomic E-state index is 12.5. The fraction of sp³-hybridized carbons (Fsp3) is 0.545. The van der Waals surface area contributed by atoms with Crippen molar-refractivity contribution in [2.75, 3.05) is 13.2 Å². The molecule has 0 unspecified atom stereocenters. The molecule has 2 N–H and O–H groups in total. The van der Waals surface area contributed by atoms with Gasteiger partial charge in [0.05, 0.1) is 10.2 Å². The van der Waals surface area contributed by atoms with Gasteiger partial charge in [-0.3, -0.25) is 41.8 Å². The van der Waals surface area contributed by atoms with Crippen LogP contribution in [0.25, 0.3) is 22.3 Å². The number of fused-ring (bicyclic) bond motifs is 3. The first-order valence-corrected chi connectivity index (χ1v) is 20.0. The first kappa shape index (κ1) is 43.7. The molecule has 1 aliphatic heterocycles. The fourth-order valence-corrected chi connectivity index (χ4v) is 7.69. The normalized spacial score (nSPS) is 12.1. The van der Waals surface area contributed by atoms with Crippen molar-refractivity contribution in [2.45, 2.75) is 85.6 Å². The Morgan fingerprint density at radius 1 is 0.582 bits per heavy atom. The molecule has 55 heavy (non-hydrogen) atoms. The molecule has 0 saturated carbocycles. The summed E-state index contributed by atoms with van der Waals surface area (Å²) in [6.45, 7) is 7.82. The van der Waals surface area contributed by atoms with E-state index >= 15 is 0 Å². The summed E-state index contributed by atoms with van der Waals surface area (Å²) in [5.74, 6) is 0.423. The molecular formula is C33H44Br3N11O8. The molecule has 6 rings (SSSR count). The second-order valence-electron chi connectivity index (χ2n) is 12.5. The van der Waals surface area contributed by atoms with Gasteiger partial charge in [-0.1, -0.05) is 13.3 Å². The third-order valence-corrected chi connectivity index (χ3v) is 10.6. The van der Waals surface area contributed by atoms with E-state index < -0.39 is 11.4 Å². The van der Waals surface area contributed by atoms with E-state index in [2.05, 4.69) is 62.8 Å². The number of aliphatic hydroxyl groups is 2. The Balaban J connectivity index is 0.000000184. The standard InChI is InChI=1S/C12H17BrN4O2.C11H15BrN4O3.C10H12BrN3O3/c1-4-6-7-17-10(18)8-9(15(3)12(17)19)14-11(13)16(8)5-2;1-3-15-7-8(13-10(15)12)14(2)11(19)16(9(7)18)5-4-6-17;1-13-8-6(5-7(11)12-8)9(16)14(10(13)17)3-2-4-15/h4-7H2,1-3H3;17H,3-6H2,1-2H3;15H,2-5H2,1H3. The number of nitrogens with zero attached hydrogens (tertiary/aromatic N) is 11. The monoisotopic (exact) mass is 959 g/mol. The van der Waals surface area contributed by atoms with E-state index in [0.29, 0.717) is 86.7 Å². The SMILES string of the molecule is CCCCn1c(=O)c2c(nc(Br)n2CC)n(C)c1=O.CCn1c(Br)nc2c1c(=O)n(CCCO)c(=O)n2C.Cn1c2c(c(=O)n(CCCO)c1=O)CC(Br)=N2. The average Bonchev–Trinajstić information content (AvgIpc) is 3.84. The number of hydrogen-bond acceptors (Lipinski definition) is 11. The molecule has 300 valence electrons. The van der Waals surface area contributed by atoms with Crippen molar-refractivity contribution in [1.29, 1.82) is 0 Å². The molecule has 5 aromatic heterocycles. The quantitative estimate of drug-likeness (QED) is 0.182. The lowest BCUT2D eigenvalue weighted by molar-refractivity contribution is 0.277. The summed E-state index contributed by atoms with van der Waals surface area (Å²) >= 11 is 9.85. The summed E-state index contributed by atoms with van der Waals surface area (Å²) in [6, 6.07) is 0. The minimum absolute atomic E-state index is 0.0487. The third-order valence-electron chi connectivity index (χ3n) is 8.98. The van der Waals surface area contributed by atoms with Crippen LogP contribution in [0, 0.1) is 0 Å². The summed E-state index contributed by atoms with van der Waals surface area (Å²) in [5.41, 5.74) is 0.138. The second-order valence-corrected chi connectivity index (χ2v) is 14.8. The minimum Gasteiger partial charge on any atom is -0.396 e. The summed E-state index contributed by atoms with van der Waals surface area (Å²) in [4.78, 5) is 85.7. The Kier molecular flexibility index (Phi) is 14.9. The van der Waals surface area contributed by atoms with Gasteiger partial charge in [-0.05, 0) is 80.9 Å². The molecule has 6 heterocycles. The van der Waals surface area contributed by atoms with Crippen molar-refractivity contribution in [3.8, 4) is 0 Å². The van der Waals surface area contributed by atoms with Crippen molar-refractivity contribution in [2.24, 2.45) is 26.1 Å². The van der Waals surface area contributed by atoms with Crippen LogP contribution in [-0.4, -0.2) is 74.6 Å². The molecule has 22 heteroatoms. The summed E-state index contributed by atoms with van der Waals surface area (Å²) in [6.07, 6.45) is 2.91. The Morgan fingerprint density at radius 2 is 0.982 bits per heavy atom. The highest BCUT2D eigenvalue weighted by molar-refractivity contribution is 9.18. The lowest BCUT2D eigenvalue weighted by atomic mass is 10.2. The second kappa shape index (κ2) is 18.8. The predicted molar refractivity (Wildman–Crippen MR) is 219 cm³/mol. The highest BCUT2D eigenvalue weighted by Gasteiger charge is 2.23. The highest BCUT2D eigenvalue weighted by Crippen LogP contribution is 2.23. The number of aliphatic imine (C=N–C) groups is 1. The molecule has 0 fully saturated rings. The van der Waals surface area contributed by atoms with Gasteiger partial charge in [0.15, 0.2) is 31.8 Å². The lowest BCUT2D eigenvalue weighted by Gasteiger charge is -2.09. The fourth-order valence-electron chi connectivity index (χ4n) is 6.05. The van der Waals surface area contributed by atoms with Crippen molar-refractivity contribution in [3.05, 3.63) is 77.5 Å². The van der Waals surface area contributed by atoms with Gasteiger partial charge in [-0.25, -0.2) is 29.3 Å². The molecule has 0 aromatic carbocycles. The largest absolute Gasteiger partial charge is 0.396 e. The molecule has 0 bridgehead atoms. The Bertz CT molecular complexity index is 2500.